The van der Waals surface area contributed by atoms with Crippen LogP contribution in [0.4, 0.5) is 10.1 Å². The molecule has 0 spiro atoms. The van der Waals surface area contributed by atoms with Crippen LogP contribution in [0.3, 0.4) is 0 Å². The largest absolute Gasteiger partial charge is 0.399 e. The van der Waals surface area contributed by atoms with Crippen LogP contribution in [-0.2, 0) is 19.4 Å². The number of sulfone groups is 1. The standard InChI is InChI=1S/C12H17FN2O4S/c1-8(6-19-2)15-12(16)7-20(17,18)11-4-9(13)3-10(14)5-11/h3-5,8H,6-7,14H2,1-2H3,(H,15,16). The number of ether oxygens (including phenoxy) is 1. The highest BCUT2D eigenvalue weighted by Crippen LogP contribution is 2.17. The van der Waals surface area contributed by atoms with Crippen molar-refractivity contribution in [1.29, 1.82) is 0 Å². The molecule has 8 heteroatoms. The number of nitrogen functional groups attached to an aromatic ring is 1. The summed E-state index contributed by atoms with van der Waals surface area (Å²) in [6, 6.07) is 2.63. The summed E-state index contributed by atoms with van der Waals surface area (Å²) in [5.74, 6) is -2.22. The zero-order valence-corrected chi connectivity index (χ0v) is 12.0. The van der Waals surface area contributed by atoms with Crippen LogP contribution in [0, 0.1) is 5.82 Å². The van der Waals surface area contributed by atoms with E-state index in [-0.39, 0.29) is 23.2 Å². The third kappa shape index (κ3) is 4.78. The third-order valence-electron chi connectivity index (χ3n) is 2.40. The summed E-state index contributed by atoms with van der Waals surface area (Å²) in [6.45, 7) is 1.94. The van der Waals surface area contributed by atoms with Gasteiger partial charge in [-0.25, -0.2) is 12.8 Å². The third-order valence-corrected chi connectivity index (χ3v) is 3.99. The maximum absolute atomic E-state index is 13.1. The molecular formula is C12H17FN2O4S. The molecule has 0 saturated carbocycles. The van der Waals surface area contributed by atoms with Crippen molar-refractivity contribution in [3.05, 3.63) is 24.0 Å². The van der Waals surface area contributed by atoms with Crippen molar-refractivity contribution in [2.24, 2.45) is 0 Å². The van der Waals surface area contributed by atoms with Crippen LogP contribution in [-0.4, -0.2) is 39.8 Å². The molecule has 1 rings (SSSR count). The maximum Gasteiger partial charge on any atom is 0.235 e. The summed E-state index contributed by atoms with van der Waals surface area (Å²) in [7, 11) is -2.47. The molecule has 20 heavy (non-hydrogen) atoms. The number of hydrogen-bond donors (Lipinski definition) is 2. The van der Waals surface area contributed by atoms with Gasteiger partial charge in [0.1, 0.15) is 11.6 Å². The molecule has 0 aliphatic carbocycles. The molecule has 1 aromatic rings. The molecule has 0 aromatic heterocycles. The Morgan fingerprint density at radius 1 is 1.45 bits per heavy atom. The molecule has 1 amide bonds. The van der Waals surface area contributed by atoms with Gasteiger partial charge in [-0.15, -0.1) is 0 Å². The number of hydrogen-bond acceptors (Lipinski definition) is 5. The second kappa shape index (κ2) is 6.67. The van der Waals surface area contributed by atoms with E-state index in [1.54, 1.807) is 6.92 Å². The number of carbonyl (C=O) groups is 1. The first-order valence-electron chi connectivity index (χ1n) is 5.81. The number of nitrogens with one attached hydrogen (secondary N) is 1. The number of nitrogens with two attached hydrogens (primary N) is 1. The highest BCUT2D eigenvalue weighted by molar-refractivity contribution is 7.92. The predicted octanol–water partition coefficient (Wildman–Crippen LogP) is 0.333. The Balaban J connectivity index is 2.82. The predicted molar refractivity (Wildman–Crippen MR) is 72.3 cm³/mol. The van der Waals surface area contributed by atoms with Crippen LogP contribution >= 0.6 is 0 Å². The van der Waals surface area contributed by atoms with Gasteiger partial charge in [0.05, 0.1) is 11.5 Å². The molecule has 1 atom stereocenters. The molecule has 0 fully saturated rings. The van der Waals surface area contributed by atoms with Crippen LogP contribution in [0.1, 0.15) is 6.92 Å². The van der Waals surface area contributed by atoms with Crippen molar-refractivity contribution >= 4 is 21.4 Å². The second-order valence-electron chi connectivity index (χ2n) is 4.40. The van der Waals surface area contributed by atoms with Gasteiger partial charge in [0.15, 0.2) is 9.84 Å². The Hall–Kier alpha value is -1.67. The first-order valence-corrected chi connectivity index (χ1v) is 7.47. The highest BCUT2D eigenvalue weighted by atomic mass is 32.2. The molecule has 0 aliphatic rings. The molecule has 6 nitrogen and oxygen atoms in total. The van der Waals surface area contributed by atoms with Gasteiger partial charge in [-0.05, 0) is 25.1 Å². The fourth-order valence-electron chi connectivity index (χ4n) is 1.63. The quantitative estimate of drug-likeness (QED) is 0.738. The van der Waals surface area contributed by atoms with E-state index in [2.05, 4.69) is 5.32 Å². The van der Waals surface area contributed by atoms with Gasteiger partial charge >= 0.3 is 0 Å². The highest BCUT2D eigenvalue weighted by Gasteiger charge is 2.21. The monoisotopic (exact) mass is 304 g/mol. The summed E-state index contributed by atoms with van der Waals surface area (Å²) >= 11 is 0. The second-order valence-corrected chi connectivity index (χ2v) is 6.39. The van der Waals surface area contributed by atoms with Crippen LogP contribution in [0.2, 0.25) is 0 Å². The fourth-order valence-corrected chi connectivity index (χ4v) is 2.83. The number of benzene rings is 1. The van der Waals surface area contributed by atoms with Crippen molar-refractivity contribution in [2.75, 3.05) is 25.2 Å². The molecule has 0 saturated heterocycles. The normalized spacial score (nSPS) is 12.9. The molecular weight excluding hydrogens is 287 g/mol. The van der Waals surface area contributed by atoms with Gasteiger partial charge in [-0.1, -0.05) is 0 Å². The van der Waals surface area contributed by atoms with E-state index in [1.165, 1.54) is 7.11 Å². The summed E-state index contributed by atoms with van der Waals surface area (Å²) in [4.78, 5) is 11.3. The fraction of sp³-hybridized carbons (Fsp3) is 0.417. The van der Waals surface area contributed by atoms with Crippen LogP contribution in [0.25, 0.3) is 0 Å². The Kier molecular flexibility index (Phi) is 5.46. The first-order chi connectivity index (χ1) is 9.24. The van der Waals surface area contributed by atoms with E-state index >= 15 is 0 Å². The van der Waals surface area contributed by atoms with Crippen molar-refractivity contribution < 1.29 is 22.3 Å². The molecule has 112 valence electrons. The SMILES string of the molecule is COCC(C)NC(=O)CS(=O)(=O)c1cc(N)cc(F)c1. The number of rotatable bonds is 6. The maximum atomic E-state index is 13.1. The molecule has 0 heterocycles. The minimum absolute atomic E-state index is 0.0169. The van der Waals surface area contributed by atoms with Crippen molar-refractivity contribution in [3.63, 3.8) is 0 Å². The zero-order valence-electron chi connectivity index (χ0n) is 11.2. The smallest absolute Gasteiger partial charge is 0.235 e. The van der Waals surface area contributed by atoms with Crippen molar-refractivity contribution in [1.82, 2.24) is 5.32 Å². The van der Waals surface area contributed by atoms with E-state index in [1.807, 2.05) is 0 Å². The lowest BCUT2D eigenvalue weighted by Crippen LogP contribution is -2.39. The summed E-state index contributed by atoms with van der Waals surface area (Å²) in [5, 5.41) is 2.47. The average Bonchev–Trinajstić information content (AvgIpc) is 2.26. The van der Waals surface area contributed by atoms with Gasteiger partial charge in [0.2, 0.25) is 5.91 Å². The minimum atomic E-state index is -3.94. The van der Waals surface area contributed by atoms with Crippen molar-refractivity contribution in [2.45, 2.75) is 17.9 Å². The van der Waals surface area contributed by atoms with Crippen LogP contribution in [0.5, 0.6) is 0 Å². The van der Waals surface area contributed by atoms with Gasteiger partial charge in [-0.2, -0.15) is 0 Å². The van der Waals surface area contributed by atoms with Gasteiger partial charge in [0, 0.05) is 18.8 Å². The molecule has 3 N–H and O–H groups in total. The summed E-state index contributed by atoms with van der Waals surface area (Å²) in [5.41, 5.74) is 5.37. The van der Waals surface area contributed by atoms with Gasteiger partial charge < -0.3 is 15.8 Å². The zero-order chi connectivity index (χ0) is 15.3. The van der Waals surface area contributed by atoms with Crippen LogP contribution < -0.4 is 11.1 Å². The molecule has 1 aromatic carbocycles. The lowest BCUT2D eigenvalue weighted by atomic mass is 10.3. The lowest BCUT2D eigenvalue weighted by Gasteiger charge is -2.13. The van der Waals surface area contributed by atoms with Crippen LogP contribution in [0.15, 0.2) is 23.1 Å². The van der Waals surface area contributed by atoms with E-state index < -0.39 is 27.3 Å². The number of halogens is 1. The Morgan fingerprint density at radius 3 is 2.65 bits per heavy atom. The molecule has 0 bridgehead atoms. The van der Waals surface area contributed by atoms with E-state index in [0.29, 0.717) is 0 Å². The molecule has 0 aliphatic heterocycles. The number of carbonyl (C=O) groups excluding carboxylic acids is 1. The number of amides is 1. The molecule has 0 radical (unpaired) electrons. The van der Waals surface area contributed by atoms with E-state index in [4.69, 9.17) is 10.5 Å². The van der Waals surface area contributed by atoms with E-state index in [0.717, 1.165) is 18.2 Å². The summed E-state index contributed by atoms with van der Waals surface area (Å²) in [6.07, 6.45) is 0. The first kappa shape index (κ1) is 16.4. The lowest BCUT2D eigenvalue weighted by molar-refractivity contribution is -0.119. The topological polar surface area (TPSA) is 98.5 Å². The molecule has 1 unspecified atom stereocenters. The van der Waals surface area contributed by atoms with E-state index in [9.17, 15) is 17.6 Å². The van der Waals surface area contributed by atoms with Gasteiger partial charge in [0.25, 0.3) is 0 Å². The van der Waals surface area contributed by atoms with Crippen molar-refractivity contribution in [3.8, 4) is 0 Å². The minimum Gasteiger partial charge on any atom is -0.399 e. The number of anilines is 1. The Morgan fingerprint density at radius 2 is 2.10 bits per heavy atom. The van der Waals surface area contributed by atoms with Gasteiger partial charge in [-0.3, -0.25) is 4.79 Å². The average molecular weight is 304 g/mol. The Bertz CT molecular complexity index is 569. The number of methoxy groups -OCH3 is 1. The summed E-state index contributed by atoms with van der Waals surface area (Å²) < 4.78 is 41.9. The Labute approximate surface area is 117 Å².